The molecule has 32 heavy (non-hydrogen) atoms. The zero-order valence-electron chi connectivity index (χ0n) is 16.6. The highest BCUT2D eigenvalue weighted by Gasteiger charge is 2.23. The molecule has 2 aromatic heterocycles. The predicted octanol–water partition coefficient (Wildman–Crippen LogP) is 0.805. The van der Waals surface area contributed by atoms with Crippen LogP contribution in [0.25, 0.3) is 11.0 Å². The topological polar surface area (TPSA) is 191 Å². The van der Waals surface area contributed by atoms with Gasteiger partial charge in [-0.15, -0.1) is 0 Å². The highest BCUT2D eigenvalue weighted by molar-refractivity contribution is 5.97. The first kappa shape index (κ1) is 22.5. The summed E-state index contributed by atoms with van der Waals surface area (Å²) in [5.74, 6) is -3.79. The molecule has 0 aliphatic heterocycles. The number of rotatable bonds is 9. The van der Waals surface area contributed by atoms with Gasteiger partial charge in [0.1, 0.15) is 29.1 Å². The molecule has 7 N–H and O–H groups in total. The van der Waals surface area contributed by atoms with Gasteiger partial charge in [0.2, 0.25) is 0 Å². The van der Waals surface area contributed by atoms with E-state index in [4.69, 9.17) is 15.9 Å². The lowest BCUT2D eigenvalue weighted by molar-refractivity contribution is -0.140. The molecule has 0 bridgehead atoms. The average molecular weight is 445 g/mol. The number of fused-ring (bicyclic) bond motifs is 1. The minimum absolute atomic E-state index is 0.283. The van der Waals surface area contributed by atoms with Gasteiger partial charge in [-0.25, -0.2) is 14.2 Å². The summed E-state index contributed by atoms with van der Waals surface area (Å²) in [6.07, 6.45) is -0.209. The minimum Gasteiger partial charge on any atom is -0.481 e. The van der Waals surface area contributed by atoms with Crippen LogP contribution in [0.15, 0.2) is 29.1 Å². The largest absolute Gasteiger partial charge is 0.481 e. The van der Waals surface area contributed by atoms with Gasteiger partial charge in [0.15, 0.2) is 0 Å². The molecule has 0 saturated heterocycles. The fourth-order valence-corrected chi connectivity index (χ4v) is 3.13. The van der Waals surface area contributed by atoms with Gasteiger partial charge in [-0.05, 0) is 36.6 Å². The maximum Gasteiger partial charge on any atom is 0.326 e. The predicted molar refractivity (Wildman–Crippen MR) is 111 cm³/mol. The lowest BCUT2D eigenvalue weighted by Crippen LogP contribution is -2.41. The van der Waals surface area contributed by atoms with Gasteiger partial charge in [0.25, 0.3) is 11.5 Å². The van der Waals surface area contributed by atoms with E-state index in [1.54, 1.807) is 0 Å². The second-order valence-corrected chi connectivity index (χ2v) is 7.11. The van der Waals surface area contributed by atoms with E-state index in [2.05, 4.69) is 20.3 Å². The molecule has 11 nitrogen and oxygen atoms in total. The molecule has 3 rings (SSSR count). The van der Waals surface area contributed by atoms with Crippen molar-refractivity contribution in [3.63, 3.8) is 0 Å². The van der Waals surface area contributed by atoms with Gasteiger partial charge in [-0.2, -0.15) is 0 Å². The first-order chi connectivity index (χ1) is 15.1. The monoisotopic (exact) mass is 445 g/mol. The number of carbonyl (C=O) groups is 3. The van der Waals surface area contributed by atoms with Crippen LogP contribution in [-0.2, 0) is 22.4 Å². The SMILES string of the molecule is Nc1cc2c(=O)[nH]c(CCc3ccc(C(=O)N[C@@H](CCC(=O)O)C(=O)O)c(F)c3)nc2[nH]1. The van der Waals surface area contributed by atoms with E-state index in [9.17, 15) is 23.6 Å². The Morgan fingerprint density at radius 1 is 1.16 bits per heavy atom. The van der Waals surface area contributed by atoms with Crippen molar-refractivity contribution < 1.29 is 29.0 Å². The number of H-pyrrole nitrogens is 2. The molecule has 2 heterocycles. The molecule has 0 spiro atoms. The average Bonchev–Trinajstić information content (AvgIpc) is 3.10. The molecular weight excluding hydrogens is 425 g/mol. The number of aliphatic carboxylic acids is 2. The Kier molecular flexibility index (Phi) is 6.52. The van der Waals surface area contributed by atoms with Crippen LogP contribution in [0.1, 0.15) is 34.6 Å². The molecule has 0 radical (unpaired) electrons. The van der Waals surface area contributed by atoms with Crippen molar-refractivity contribution in [1.82, 2.24) is 20.3 Å². The Bertz CT molecular complexity index is 1250. The maximum atomic E-state index is 14.5. The van der Waals surface area contributed by atoms with Crippen LogP contribution in [0.4, 0.5) is 10.2 Å². The first-order valence-electron chi connectivity index (χ1n) is 9.55. The second kappa shape index (κ2) is 9.29. The Hall–Kier alpha value is -4.22. The van der Waals surface area contributed by atoms with Crippen LogP contribution in [0, 0.1) is 5.82 Å². The van der Waals surface area contributed by atoms with Crippen LogP contribution in [-0.4, -0.2) is 49.1 Å². The Labute approximate surface area is 179 Å². The Morgan fingerprint density at radius 3 is 2.56 bits per heavy atom. The van der Waals surface area contributed by atoms with Crippen molar-refractivity contribution in [3.05, 3.63) is 57.4 Å². The van der Waals surface area contributed by atoms with Gasteiger partial charge in [-0.3, -0.25) is 14.4 Å². The van der Waals surface area contributed by atoms with Gasteiger partial charge >= 0.3 is 11.9 Å². The van der Waals surface area contributed by atoms with Gasteiger partial charge in [0.05, 0.1) is 10.9 Å². The van der Waals surface area contributed by atoms with Crippen LogP contribution in [0.2, 0.25) is 0 Å². The number of nitrogens with two attached hydrogens (primary N) is 1. The molecule has 0 aliphatic carbocycles. The summed E-state index contributed by atoms with van der Waals surface area (Å²) in [6.45, 7) is 0. The van der Waals surface area contributed by atoms with Crippen molar-refractivity contribution in [2.75, 3.05) is 5.73 Å². The molecule has 0 saturated carbocycles. The van der Waals surface area contributed by atoms with E-state index in [0.717, 1.165) is 6.07 Å². The third-order valence-corrected chi connectivity index (χ3v) is 4.75. The number of nitrogen functional groups attached to an aromatic ring is 1. The van der Waals surface area contributed by atoms with Crippen LogP contribution < -0.4 is 16.6 Å². The van der Waals surface area contributed by atoms with Crippen LogP contribution in [0.3, 0.4) is 0 Å². The van der Waals surface area contributed by atoms with Gasteiger partial charge in [-0.1, -0.05) is 6.07 Å². The zero-order chi connectivity index (χ0) is 23.4. The second-order valence-electron chi connectivity index (χ2n) is 7.11. The van der Waals surface area contributed by atoms with E-state index in [1.807, 2.05) is 0 Å². The van der Waals surface area contributed by atoms with Crippen LogP contribution in [0.5, 0.6) is 0 Å². The van der Waals surface area contributed by atoms with Gasteiger partial charge < -0.3 is 31.2 Å². The quantitative estimate of drug-likeness (QED) is 0.278. The first-order valence-corrected chi connectivity index (χ1v) is 9.55. The summed E-state index contributed by atoms with van der Waals surface area (Å²) >= 11 is 0. The highest BCUT2D eigenvalue weighted by atomic mass is 19.1. The molecule has 0 unspecified atom stereocenters. The summed E-state index contributed by atoms with van der Waals surface area (Å²) in [7, 11) is 0. The van der Waals surface area contributed by atoms with Gasteiger partial charge in [0, 0.05) is 12.8 Å². The standard InChI is InChI=1S/C20H20FN5O6/c21-12-7-9(2-5-15-25-17-11(19(30)26-15)8-14(22)24-17)1-3-10(12)18(29)23-13(20(31)32)4-6-16(27)28/h1,3,7-8,13H,2,4-6,22H2,(H,23,29)(H,27,28)(H,31,32)(H2,24,25,26,30)/t13-/m0/s1. The summed E-state index contributed by atoms with van der Waals surface area (Å²) in [6, 6.07) is 3.85. The number of benzene rings is 1. The van der Waals surface area contributed by atoms with Crippen molar-refractivity contribution in [2.24, 2.45) is 0 Å². The highest BCUT2D eigenvalue weighted by Crippen LogP contribution is 2.14. The molecule has 1 aromatic carbocycles. The maximum absolute atomic E-state index is 14.5. The number of amides is 1. The summed E-state index contributed by atoms with van der Waals surface area (Å²) in [4.78, 5) is 55.8. The number of aryl methyl sites for hydroxylation is 2. The number of aromatic nitrogens is 3. The Balaban J connectivity index is 1.68. The Morgan fingerprint density at radius 2 is 1.91 bits per heavy atom. The zero-order valence-corrected chi connectivity index (χ0v) is 16.6. The summed E-state index contributed by atoms with van der Waals surface area (Å²) < 4.78 is 14.5. The summed E-state index contributed by atoms with van der Waals surface area (Å²) in [5, 5.41) is 20.2. The number of carboxylic acid groups (broad SMARTS) is 2. The third kappa shape index (κ3) is 5.28. The molecular formula is C20H20FN5O6. The van der Waals surface area contributed by atoms with Crippen molar-refractivity contribution in [1.29, 1.82) is 0 Å². The number of hydrogen-bond acceptors (Lipinski definition) is 6. The normalized spacial score (nSPS) is 11.9. The lowest BCUT2D eigenvalue weighted by Gasteiger charge is -2.14. The van der Waals surface area contributed by atoms with E-state index in [-0.39, 0.29) is 24.0 Å². The molecule has 3 aromatic rings. The fraction of sp³-hybridized carbons (Fsp3) is 0.250. The molecule has 1 atom stereocenters. The molecule has 12 heteroatoms. The number of nitrogens with zero attached hydrogens (tertiary/aromatic N) is 1. The van der Waals surface area contributed by atoms with Crippen molar-refractivity contribution in [2.45, 2.75) is 31.7 Å². The number of carboxylic acids is 2. The summed E-state index contributed by atoms with van der Waals surface area (Å²) in [5.41, 5.74) is 5.76. The molecule has 168 valence electrons. The number of hydrogen-bond donors (Lipinski definition) is 6. The van der Waals surface area contributed by atoms with E-state index >= 15 is 0 Å². The molecule has 0 fully saturated rings. The van der Waals surface area contributed by atoms with E-state index < -0.39 is 36.1 Å². The smallest absolute Gasteiger partial charge is 0.326 e. The number of anilines is 1. The van der Waals surface area contributed by atoms with Crippen molar-refractivity contribution in [3.8, 4) is 0 Å². The van der Waals surface area contributed by atoms with Crippen LogP contribution >= 0.6 is 0 Å². The van der Waals surface area contributed by atoms with E-state index in [1.165, 1.54) is 18.2 Å². The number of halogens is 1. The third-order valence-electron chi connectivity index (χ3n) is 4.75. The number of carbonyl (C=O) groups excluding carboxylic acids is 1. The minimum atomic E-state index is -1.46. The molecule has 0 aliphatic rings. The molecule has 1 amide bonds. The fourth-order valence-electron chi connectivity index (χ4n) is 3.13. The van der Waals surface area contributed by atoms with E-state index in [0.29, 0.717) is 34.7 Å². The lowest BCUT2D eigenvalue weighted by atomic mass is 10.0. The number of nitrogens with one attached hydrogen (secondary N) is 3. The number of aromatic amines is 2. The van der Waals surface area contributed by atoms with Crippen molar-refractivity contribution >= 4 is 34.7 Å².